The second kappa shape index (κ2) is 7.32. The number of hydrogen-bond acceptors (Lipinski definition) is 4. The molecule has 4 rings (SSSR count). The van der Waals surface area contributed by atoms with E-state index in [1.54, 1.807) is 18.3 Å². The van der Waals surface area contributed by atoms with Gasteiger partial charge in [-0.25, -0.2) is 4.42 Å². The summed E-state index contributed by atoms with van der Waals surface area (Å²) in [5.74, 6) is -0.278. The Kier molecular flexibility index (Phi) is 4.73. The first-order chi connectivity index (χ1) is 12.7. The number of anilines is 2. The van der Waals surface area contributed by atoms with E-state index in [4.69, 9.17) is 11.8 Å². The monoisotopic (exact) mass is 366 g/mol. The van der Waals surface area contributed by atoms with Crippen molar-refractivity contribution in [2.75, 3.05) is 22.8 Å². The Labute approximate surface area is 157 Å². The number of nitrogens with one attached hydrogen (secondary N) is 2. The molecule has 1 amide bonds. The summed E-state index contributed by atoms with van der Waals surface area (Å²) in [5.41, 5.74) is 2.81. The highest BCUT2D eigenvalue weighted by atomic mass is 35.5. The lowest BCUT2D eigenvalue weighted by molar-refractivity contribution is 0.101. The summed E-state index contributed by atoms with van der Waals surface area (Å²) < 4.78 is 1.14. The van der Waals surface area contributed by atoms with Gasteiger partial charge in [0.2, 0.25) is 0 Å². The van der Waals surface area contributed by atoms with Gasteiger partial charge in [-0.3, -0.25) is 9.78 Å². The molecule has 2 heterocycles. The molecule has 1 aliphatic rings. The third-order valence-electron chi connectivity index (χ3n) is 4.58. The van der Waals surface area contributed by atoms with Crippen LogP contribution in [-0.2, 0) is 0 Å². The topological polar surface area (TPSA) is 57.3 Å². The van der Waals surface area contributed by atoms with Crippen LogP contribution in [0.2, 0.25) is 0 Å². The fraction of sp³-hybridized carbons (Fsp3) is 0.200. The highest BCUT2D eigenvalue weighted by Crippen LogP contribution is 2.33. The Bertz CT molecular complexity index is 926. The molecule has 0 aliphatic carbocycles. The molecular weight excluding hydrogens is 348 g/mol. The first kappa shape index (κ1) is 16.8. The quantitative estimate of drug-likeness (QED) is 0.689. The Balaban J connectivity index is 1.70. The normalized spacial score (nSPS) is 16.6. The van der Waals surface area contributed by atoms with Crippen LogP contribution in [0.1, 0.15) is 16.8 Å². The van der Waals surface area contributed by atoms with Crippen LogP contribution in [0.5, 0.6) is 0 Å². The zero-order valence-electron chi connectivity index (χ0n) is 14.2. The van der Waals surface area contributed by atoms with Crippen LogP contribution in [0.25, 0.3) is 10.9 Å². The molecule has 0 unspecified atom stereocenters. The Morgan fingerprint density at radius 1 is 1.15 bits per heavy atom. The first-order valence-corrected chi connectivity index (χ1v) is 8.98. The van der Waals surface area contributed by atoms with E-state index in [2.05, 4.69) is 15.6 Å². The zero-order chi connectivity index (χ0) is 17.9. The van der Waals surface area contributed by atoms with Gasteiger partial charge in [-0.2, -0.15) is 0 Å². The van der Waals surface area contributed by atoms with Crippen LogP contribution in [0.4, 0.5) is 11.4 Å². The molecule has 0 saturated carbocycles. The zero-order valence-corrected chi connectivity index (χ0v) is 14.9. The molecular formula is C20H19ClN4O. The number of aromatic nitrogens is 1. The number of fused-ring (bicyclic) bond motifs is 1. The van der Waals surface area contributed by atoms with Crippen molar-refractivity contribution in [2.45, 2.75) is 12.5 Å². The van der Waals surface area contributed by atoms with Crippen molar-refractivity contribution in [3.05, 3.63) is 66.4 Å². The van der Waals surface area contributed by atoms with E-state index in [1.165, 1.54) is 0 Å². The van der Waals surface area contributed by atoms with Gasteiger partial charge in [0.25, 0.3) is 5.91 Å². The Morgan fingerprint density at radius 3 is 2.77 bits per heavy atom. The molecule has 1 saturated heterocycles. The summed E-state index contributed by atoms with van der Waals surface area (Å²) in [6, 6.07) is 17.1. The maximum atomic E-state index is 12.7. The largest absolute Gasteiger partial charge is 0.380 e. The molecule has 0 spiro atoms. The van der Waals surface area contributed by atoms with E-state index in [-0.39, 0.29) is 5.91 Å². The molecule has 1 fully saturated rings. The summed E-state index contributed by atoms with van der Waals surface area (Å²) in [5, 5.41) is 7.86. The first-order valence-electron chi connectivity index (χ1n) is 8.64. The number of carbonyl (C=O) groups is 1. The molecule has 2 aromatic carbocycles. The number of rotatable bonds is 4. The number of carbonyl (C=O) groups excluding carboxylic acids is 1. The molecule has 26 heavy (non-hydrogen) atoms. The van der Waals surface area contributed by atoms with Gasteiger partial charge in [0.05, 0.1) is 11.2 Å². The molecule has 0 radical (unpaired) electrons. The van der Waals surface area contributed by atoms with E-state index >= 15 is 0 Å². The maximum Gasteiger partial charge on any atom is 0.272 e. The number of pyridine rings is 1. The summed E-state index contributed by atoms with van der Waals surface area (Å²) in [6.45, 7) is 1.96. The second-order valence-electron chi connectivity index (χ2n) is 6.32. The van der Waals surface area contributed by atoms with Crippen LogP contribution in [0.3, 0.4) is 0 Å². The van der Waals surface area contributed by atoms with Crippen molar-refractivity contribution >= 4 is 40.0 Å². The minimum absolute atomic E-state index is 0.278. The van der Waals surface area contributed by atoms with Gasteiger partial charge < -0.3 is 10.6 Å². The molecule has 0 bridgehead atoms. The van der Waals surface area contributed by atoms with Crippen molar-refractivity contribution in [1.82, 2.24) is 10.3 Å². The van der Waals surface area contributed by atoms with E-state index in [1.807, 2.05) is 42.5 Å². The van der Waals surface area contributed by atoms with E-state index in [0.29, 0.717) is 22.8 Å². The minimum Gasteiger partial charge on any atom is -0.380 e. The summed E-state index contributed by atoms with van der Waals surface area (Å²) in [6.07, 6.45) is 2.79. The molecule has 3 aromatic rings. The maximum absolute atomic E-state index is 12.7. The minimum atomic E-state index is -0.278. The summed E-state index contributed by atoms with van der Waals surface area (Å²) >= 11 is 6.41. The number of benzene rings is 2. The molecule has 1 atom stereocenters. The smallest absolute Gasteiger partial charge is 0.272 e. The molecule has 1 aliphatic heterocycles. The summed E-state index contributed by atoms with van der Waals surface area (Å²) in [7, 11) is 0. The fourth-order valence-corrected chi connectivity index (χ4v) is 3.48. The number of nitrogens with zero attached hydrogens (tertiary/aromatic N) is 2. The van der Waals surface area contributed by atoms with Crippen LogP contribution < -0.4 is 15.1 Å². The van der Waals surface area contributed by atoms with Crippen molar-refractivity contribution in [1.29, 1.82) is 0 Å². The predicted molar refractivity (Wildman–Crippen MR) is 106 cm³/mol. The average molecular weight is 367 g/mol. The van der Waals surface area contributed by atoms with Crippen LogP contribution >= 0.6 is 11.8 Å². The molecule has 132 valence electrons. The van der Waals surface area contributed by atoms with Crippen molar-refractivity contribution in [3.8, 4) is 0 Å². The highest BCUT2D eigenvalue weighted by Gasteiger charge is 2.21. The predicted octanol–water partition coefficient (Wildman–Crippen LogP) is 3.81. The van der Waals surface area contributed by atoms with Crippen LogP contribution in [-0.4, -0.2) is 30.0 Å². The lowest BCUT2D eigenvalue weighted by atomic mass is 10.1. The van der Waals surface area contributed by atoms with Gasteiger partial charge in [-0.15, -0.1) is 0 Å². The van der Waals surface area contributed by atoms with E-state index < -0.39 is 0 Å². The van der Waals surface area contributed by atoms with Gasteiger partial charge in [-0.1, -0.05) is 18.2 Å². The van der Waals surface area contributed by atoms with Crippen molar-refractivity contribution < 1.29 is 4.79 Å². The van der Waals surface area contributed by atoms with E-state index in [0.717, 1.165) is 35.0 Å². The number of hydrogen-bond donors (Lipinski definition) is 2. The fourth-order valence-electron chi connectivity index (χ4n) is 3.24. The number of amides is 1. The van der Waals surface area contributed by atoms with Crippen LogP contribution in [0.15, 0.2) is 60.8 Å². The van der Waals surface area contributed by atoms with Gasteiger partial charge in [0.15, 0.2) is 0 Å². The van der Waals surface area contributed by atoms with Gasteiger partial charge in [-0.05, 0) is 49.4 Å². The SMILES string of the molecule is O=C(c1ccccc1)N(Cl)c1ccc(N[C@H]2CCNC2)c2cccnc12. The van der Waals surface area contributed by atoms with Gasteiger partial charge in [0.1, 0.15) is 0 Å². The molecule has 1 aromatic heterocycles. The van der Waals surface area contributed by atoms with E-state index in [9.17, 15) is 4.79 Å². The third-order valence-corrected chi connectivity index (χ3v) is 4.91. The Morgan fingerprint density at radius 2 is 2.00 bits per heavy atom. The number of halogens is 1. The average Bonchev–Trinajstić information content (AvgIpc) is 3.21. The second-order valence-corrected chi connectivity index (χ2v) is 6.66. The third kappa shape index (κ3) is 3.23. The van der Waals surface area contributed by atoms with Crippen molar-refractivity contribution in [3.63, 3.8) is 0 Å². The standard InChI is InChI=1S/C20H19ClN4O/c21-25(20(26)14-5-2-1-3-6-14)18-9-8-17(24-15-10-12-22-13-15)16-7-4-11-23-19(16)18/h1-9,11,15,22,24H,10,12-13H2/t15-/m0/s1. The van der Waals surface area contributed by atoms with Crippen LogP contribution in [0, 0.1) is 0 Å². The molecule has 2 N–H and O–H groups in total. The van der Waals surface area contributed by atoms with Gasteiger partial charge >= 0.3 is 0 Å². The lowest BCUT2D eigenvalue weighted by Gasteiger charge is -2.19. The lowest BCUT2D eigenvalue weighted by Crippen LogP contribution is -2.23. The summed E-state index contributed by atoms with van der Waals surface area (Å²) in [4.78, 5) is 17.2. The molecule has 5 nitrogen and oxygen atoms in total. The van der Waals surface area contributed by atoms with Gasteiger partial charge in [0, 0.05) is 47.2 Å². The Hall–Kier alpha value is -2.63. The highest BCUT2D eigenvalue weighted by molar-refractivity contribution is 6.40. The van der Waals surface area contributed by atoms with Crippen molar-refractivity contribution in [2.24, 2.45) is 0 Å². The molecule has 6 heteroatoms.